The molecule has 0 aliphatic carbocycles. The molecule has 1 rings (SSSR count). The quantitative estimate of drug-likeness (QED) is 0.580. The van der Waals surface area contributed by atoms with Gasteiger partial charge in [-0.3, -0.25) is 10.1 Å². The van der Waals surface area contributed by atoms with Crippen LogP contribution in [0.25, 0.3) is 0 Å². The van der Waals surface area contributed by atoms with Crippen LogP contribution in [-0.4, -0.2) is 29.6 Å². The molecule has 0 radical (unpaired) electrons. The van der Waals surface area contributed by atoms with Crippen molar-refractivity contribution in [3.8, 4) is 0 Å². The van der Waals surface area contributed by atoms with Gasteiger partial charge in [0.15, 0.2) is 0 Å². The average molecular weight is 224 g/mol. The first-order valence-electron chi connectivity index (χ1n) is 4.70. The lowest BCUT2D eigenvalue weighted by Crippen LogP contribution is -2.07. The van der Waals surface area contributed by atoms with Gasteiger partial charge in [-0.25, -0.2) is 4.79 Å². The molecule has 0 amide bonds. The van der Waals surface area contributed by atoms with Gasteiger partial charge < -0.3 is 10.4 Å². The van der Waals surface area contributed by atoms with E-state index in [0.29, 0.717) is 11.3 Å². The Bertz CT molecular complexity index is 417. The number of benzene rings is 1. The molecule has 0 spiro atoms. The lowest BCUT2D eigenvalue weighted by Gasteiger charge is -2.08. The van der Waals surface area contributed by atoms with Crippen LogP contribution >= 0.6 is 0 Å². The fourth-order valence-electron chi connectivity index (χ4n) is 1.39. The largest absolute Gasteiger partial charge is 0.478 e. The summed E-state index contributed by atoms with van der Waals surface area (Å²) >= 11 is 0. The van der Waals surface area contributed by atoms with Crippen molar-refractivity contribution in [1.82, 2.24) is 0 Å². The van der Waals surface area contributed by atoms with E-state index in [1.807, 2.05) is 0 Å². The van der Waals surface area contributed by atoms with Crippen LogP contribution in [0, 0.1) is 10.1 Å². The maximum Gasteiger partial charge on any atom is 0.335 e. The van der Waals surface area contributed by atoms with Gasteiger partial charge in [0.2, 0.25) is 6.54 Å². The minimum atomic E-state index is -1.04. The van der Waals surface area contributed by atoms with E-state index in [-0.39, 0.29) is 18.5 Å². The second-order valence-electron chi connectivity index (χ2n) is 3.23. The maximum absolute atomic E-state index is 10.7. The normalized spacial score (nSPS) is 9.81. The van der Waals surface area contributed by atoms with Crippen LogP contribution < -0.4 is 5.32 Å². The predicted molar refractivity (Wildman–Crippen MR) is 58.5 cm³/mol. The molecule has 0 saturated heterocycles. The standard InChI is InChI=1S/C10H12N2O4/c1-11-9-3-2-8(10(13)14)6-7(9)4-5-12(15)16/h2-3,6,11H,4-5H2,1H3,(H,13,14). The van der Waals surface area contributed by atoms with E-state index in [9.17, 15) is 14.9 Å². The first-order chi connectivity index (χ1) is 7.54. The number of carboxylic acids is 1. The van der Waals surface area contributed by atoms with Gasteiger partial charge in [-0.15, -0.1) is 0 Å². The number of anilines is 1. The fraction of sp³-hybridized carbons (Fsp3) is 0.300. The molecule has 1 aromatic rings. The molecule has 86 valence electrons. The number of rotatable bonds is 5. The second-order valence-corrected chi connectivity index (χ2v) is 3.23. The third-order valence-electron chi connectivity index (χ3n) is 2.19. The Labute approximate surface area is 92.0 Å². The molecule has 0 saturated carbocycles. The van der Waals surface area contributed by atoms with E-state index in [1.54, 1.807) is 13.1 Å². The van der Waals surface area contributed by atoms with E-state index in [2.05, 4.69) is 5.32 Å². The maximum atomic E-state index is 10.7. The van der Waals surface area contributed by atoms with Crippen LogP contribution in [0.1, 0.15) is 15.9 Å². The molecule has 0 unspecified atom stereocenters. The molecule has 0 fully saturated rings. The zero-order valence-corrected chi connectivity index (χ0v) is 8.77. The van der Waals surface area contributed by atoms with Gasteiger partial charge in [0.1, 0.15) is 0 Å². The number of hydrogen-bond acceptors (Lipinski definition) is 4. The SMILES string of the molecule is CNc1ccc(C(=O)O)cc1CC[N+](=O)[O-]. The topological polar surface area (TPSA) is 92.5 Å². The first kappa shape index (κ1) is 12.0. The molecule has 6 heteroatoms. The molecule has 0 aromatic heterocycles. The summed E-state index contributed by atoms with van der Waals surface area (Å²) in [4.78, 5) is 20.6. The smallest absolute Gasteiger partial charge is 0.335 e. The van der Waals surface area contributed by atoms with Gasteiger partial charge in [0.25, 0.3) is 0 Å². The Morgan fingerprint density at radius 3 is 2.75 bits per heavy atom. The van der Waals surface area contributed by atoms with E-state index in [4.69, 9.17) is 5.11 Å². The van der Waals surface area contributed by atoms with Gasteiger partial charge in [0.05, 0.1) is 5.56 Å². The number of aromatic carboxylic acids is 1. The number of nitro groups is 1. The summed E-state index contributed by atoms with van der Waals surface area (Å²) in [5.74, 6) is -1.04. The van der Waals surface area contributed by atoms with Gasteiger partial charge in [-0.1, -0.05) is 0 Å². The summed E-state index contributed by atoms with van der Waals surface area (Å²) < 4.78 is 0. The van der Waals surface area contributed by atoms with Gasteiger partial charge in [-0.05, 0) is 23.8 Å². The van der Waals surface area contributed by atoms with Crippen molar-refractivity contribution in [2.75, 3.05) is 18.9 Å². The lowest BCUT2D eigenvalue weighted by atomic mass is 10.1. The van der Waals surface area contributed by atoms with Gasteiger partial charge in [0, 0.05) is 24.1 Å². The summed E-state index contributed by atoms with van der Waals surface area (Å²) in [6.45, 7) is -0.211. The minimum Gasteiger partial charge on any atom is -0.478 e. The van der Waals surface area contributed by atoms with Crippen molar-refractivity contribution >= 4 is 11.7 Å². The predicted octanol–water partition coefficient (Wildman–Crippen LogP) is 1.25. The van der Waals surface area contributed by atoms with Crippen molar-refractivity contribution in [3.05, 3.63) is 39.4 Å². The van der Waals surface area contributed by atoms with Crippen LogP contribution in [-0.2, 0) is 6.42 Å². The summed E-state index contributed by atoms with van der Waals surface area (Å²) in [5.41, 5.74) is 1.49. The van der Waals surface area contributed by atoms with Gasteiger partial charge >= 0.3 is 5.97 Å². The summed E-state index contributed by atoms with van der Waals surface area (Å²) in [6.07, 6.45) is 0.213. The molecule has 0 aliphatic heterocycles. The molecular weight excluding hydrogens is 212 g/mol. The van der Waals surface area contributed by atoms with Crippen LogP contribution in [0.2, 0.25) is 0 Å². The molecule has 16 heavy (non-hydrogen) atoms. The molecule has 0 atom stereocenters. The Balaban J connectivity index is 2.97. The lowest BCUT2D eigenvalue weighted by molar-refractivity contribution is -0.479. The van der Waals surface area contributed by atoms with E-state index in [0.717, 1.165) is 0 Å². The molecule has 0 bridgehead atoms. The van der Waals surface area contributed by atoms with Crippen molar-refractivity contribution < 1.29 is 14.8 Å². The summed E-state index contributed by atoms with van der Waals surface area (Å²) in [5, 5.41) is 21.9. The van der Waals surface area contributed by atoms with Crippen molar-refractivity contribution in [1.29, 1.82) is 0 Å². The number of carboxylic acid groups (broad SMARTS) is 1. The average Bonchev–Trinajstić information content (AvgIpc) is 2.25. The minimum absolute atomic E-state index is 0.136. The first-order valence-corrected chi connectivity index (χ1v) is 4.70. The van der Waals surface area contributed by atoms with Crippen molar-refractivity contribution in [2.45, 2.75) is 6.42 Å². The molecular formula is C10H12N2O4. The van der Waals surface area contributed by atoms with Crippen LogP contribution in [0.5, 0.6) is 0 Å². The van der Waals surface area contributed by atoms with Crippen molar-refractivity contribution in [3.63, 3.8) is 0 Å². The molecule has 6 nitrogen and oxygen atoms in total. The Morgan fingerprint density at radius 1 is 1.56 bits per heavy atom. The zero-order chi connectivity index (χ0) is 12.1. The highest BCUT2D eigenvalue weighted by atomic mass is 16.6. The Kier molecular flexibility index (Phi) is 3.82. The number of nitrogens with one attached hydrogen (secondary N) is 1. The van der Waals surface area contributed by atoms with Crippen LogP contribution in [0.4, 0.5) is 5.69 Å². The Morgan fingerprint density at radius 2 is 2.25 bits per heavy atom. The highest BCUT2D eigenvalue weighted by Crippen LogP contribution is 2.17. The van der Waals surface area contributed by atoms with E-state index >= 15 is 0 Å². The second kappa shape index (κ2) is 5.11. The fourth-order valence-corrected chi connectivity index (χ4v) is 1.39. The summed E-state index contributed by atoms with van der Waals surface area (Å²) in [6, 6.07) is 4.53. The van der Waals surface area contributed by atoms with E-state index in [1.165, 1.54) is 12.1 Å². The zero-order valence-electron chi connectivity index (χ0n) is 8.77. The number of nitrogens with zero attached hydrogens (tertiary/aromatic N) is 1. The Hall–Kier alpha value is -2.11. The van der Waals surface area contributed by atoms with Gasteiger partial charge in [-0.2, -0.15) is 0 Å². The third-order valence-corrected chi connectivity index (χ3v) is 2.19. The molecule has 1 aromatic carbocycles. The third kappa shape index (κ3) is 2.94. The molecule has 2 N–H and O–H groups in total. The monoisotopic (exact) mass is 224 g/mol. The van der Waals surface area contributed by atoms with Crippen LogP contribution in [0.15, 0.2) is 18.2 Å². The van der Waals surface area contributed by atoms with Crippen LogP contribution in [0.3, 0.4) is 0 Å². The molecule has 0 aliphatic rings. The van der Waals surface area contributed by atoms with Crippen molar-refractivity contribution in [2.24, 2.45) is 0 Å². The number of carbonyl (C=O) groups is 1. The number of hydrogen-bond donors (Lipinski definition) is 2. The highest BCUT2D eigenvalue weighted by Gasteiger charge is 2.09. The van der Waals surface area contributed by atoms with E-state index < -0.39 is 10.9 Å². The molecule has 0 heterocycles. The summed E-state index contributed by atoms with van der Waals surface area (Å²) in [7, 11) is 1.69. The highest BCUT2D eigenvalue weighted by molar-refractivity contribution is 5.88.